The molecule has 1 unspecified atom stereocenters. The highest BCUT2D eigenvalue weighted by Crippen LogP contribution is 2.36. The third-order valence-electron chi connectivity index (χ3n) is 3.51. The van der Waals surface area contributed by atoms with Gasteiger partial charge in [-0.2, -0.15) is 0 Å². The first kappa shape index (κ1) is 11.5. The Balaban J connectivity index is 2.23. The molecule has 1 aromatic carbocycles. The van der Waals surface area contributed by atoms with E-state index in [9.17, 15) is 0 Å². The van der Waals surface area contributed by atoms with Crippen molar-refractivity contribution in [1.29, 1.82) is 0 Å². The Labute approximate surface area is 98.4 Å². The maximum absolute atomic E-state index is 5.55. The molecule has 1 atom stereocenters. The van der Waals surface area contributed by atoms with Crippen molar-refractivity contribution in [3.63, 3.8) is 0 Å². The summed E-state index contributed by atoms with van der Waals surface area (Å²) in [5, 5.41) is 0. The molecule has 16 heavy (non-hydrogen) atoms. The molecule has 0 radical (unpaired) electrons. The van der Waals surface area contributed by atoms with Crippen LogP contribution >= 0.6 is 0 Å². The van der Waals surface area contributed by atoms with Crippen LogP contribution in [0.25, 0.3) is 0 Å². The molecule has 0 fully saturated rings. The summed E-state index contributed by atoms with van der Waals surface area (Å²) in [5.74, 6) is 0.679. The van der Waals surface area contributed by atoms with Gasteiger partial charge in [-0.3, -0.25) is 0 Å². The SMILES string of the molecule is CCN1CC(C)c2ccc(CCCN)cc21. The summed E-state index contributed by atoms with van der Waals surface area (Å²) < 4.78 is 0. The summed E-state index contributed by atoms with van der Waals surface area (Å²) in [7, 11) is 0. The minimum atomic E-state index is 0.679. The Kier molecular flexibility index (Phi) is 3.49. The number of anilines is 1. The number of fused-ring (bicyclic) bond motifs is 1. The molecule has 2 rings (SSSR count). The average molecular weight is 218 g/mol. The van der Waals surface area contributed by atoms with Gasteiger partial charge in [0.1, 0.15) is 0 Å². The summed E-state index contributed by atoms with van der Waals surface area (Å²) >= 11 is 0. The van der Waals surface area contributed by atoms with Crippen LogP contribution in [0.4, 0.5) is 5.69 Å². The van der Waals surface area contributed by atoms with Crippen LogP contribution in [0.2, 0.25) is 0 Å². The predicted molar refractivity (Wildman–Crippen MR) is 70.1 cm³/mol. The summed E-state index contributed by atoms with van der Waals surface area (Å²) in [6.45, 7) is 7.61. The van der Waals surface area contributed by atoms with Crippen LogP contribution in [0.1, 0.15) is 37.3 Å². The second kappa shape index (κ2) is 4.88. The Bertz CT molecular complexity index is 360. The van der Waals surface area contributed by atoms with Gasteiger partial charge < -0.3 is 10.6 Å². The normalized spacial score (nSPS) is 18.9. The van der Waals surface area contributed by atoms with E-state index in [0.717, 1.165) is 25.9 Å². The van der Waals surface area contributed by atoms with E-state index in [2.05, 4.69) is 36.9 Å². The molecule has 2 N–H and O–H groups in total. The van der Waals surface area contributed by atoms with Crippen molar-refractivity contribution >= 4 is 5.69 Å². The Morgan fingerprint density at radius 3 is 2.94 bits per heavy atom. The summed E-state index contributed by atoms with van der Waals surface area (Å²) in [6.07, 6.45) is 2.19. The van der Waals surface area contributed by atoms with E-state index in [4.69, 9.17) is 5.73 Å². The van der Waals surface area contributed by atoms with Gasteiger partial charge in [0, 0.05) is 24.7 Å². The quantitative estimate of drug-likeness (QED) is 0.841. The smallest absolute Gasteiger partial charge is 0.0405 e. The third kappa shape index (κ3) is 2.07. The fourth-order valence-corrected chi connectivity index (χ4v) is 2.57. The molecule has 1 aromatic rings. The summed E-state index contributed by atoms with van der Waals surface area (Å²) in [4.78, 5) is 2.48. The fraction of sp³-hybridized carbons (Fsp3) is 0.571. The molecule has 0 bridgehead atoms. The van der Waals surface area contributed by atoms with E-state index in [-0.39, 0.29) is 0 Å². The maximum atomic E-state index is 5.55. The molecule has 0 spiro atoms. The first-order valence-electron chi connectivity index (χ1n) is 6.34. The third-order valence-corrected chi connectivity index (χ3v) is 3.51. The van der Waals surface area contributed by atoms with Gasteiger partial charge in [0.25, 0.3) is 0 Å². The Morgan fingerprint density at radius 1 is 1.44 bits per heavy atom. The predicted octanol–water partition coefficient (Wildman–Crippen LogP) is 2.52. The van der Waals surface area contributed by atoms with Crippen molar-refractivity contribution in [3.8, 4) is 0 Å². The van der Waals surface area contributed by atoms with E-state index >= 15 is 0 Å². The van der Waals surface area contributed by atoms with Crippen molar-refractivity contribution < 1.29 is 0 Å². The molecule has 2 heteroatoms. The van der Waals surface area contributed by atoms with Crippen molar-refractivity contribution in [2.75, 3.05) is 24.5 Å². The zero-order chi connectivity index (χ0) is 11.5. The zero-order valence-electron chi connectivity index (χ0n) is 10.4. The van der Waals surface area contributed by atoms with Crippen LogP contribution in [-0.2, 0) is 6.42 Å². The first-order valence-corrected chi connectivity index (χ1v) is 6.34. The van der Waals surface area contributed by atoms with Crippen molar-refractivity contribution in [1.82, 2.24) is 0 Å². The van der Waals surface area contributed by atoms with Crippen LogP contribution in [0.5, 0.6) is 0 Å². The van der Waals surface area contributed by atoms with Crippen molar-refractivity contribution in [2.45, 2.75) is 32.6 Å². The molecular formula is C14H22N2. The van der Waals surface area contributed by atoms with E-state index in [1.165, 1.54) is 23.4 Å². The van der Waals surface area contributed by atoms with Crippen molar-refractivity contribution in [3.05, 3.63) is 29.3 Å². The number of nitrogens with two attached hydrogens (primary N) is 1. The van der Waals surface area contributed by atoms with E-state index in [0.29, 0.717) is 5.92 Å². The van der Waals surface area contributed by atoms with Gasteiger partial charge in [-0.05, 0) is 43.5 Å². The molecule has 0 saturated heterocycles. The first-order chi connectivity index (χ1) is 7.76. The highest BCUT2D eigenvalue weighted by Gasteiger charge is 2.24. The second-order valence-electron chi connectivity index (χ2n) is 4.73. The van der Waals surface area contributed by atoms with Gasteiger partial charge in [-0.1, -0.05) is 19.1 Å². The standard InChI is InChI=1S/C14H22N2/c1-3-16-10-11(2)13-7-6-12(5-4-8-15)9-14(13)16/h6-7,9,11H,3-5,8,10,15H2,1-2H3. The molecule has 1 aliphatic heterocycles. The number of hydrogen-bond donors (Lipinski definition) is 1. The van der Waals surface area contributed by atoms with E-state index in [1.807, 2.05) is 0 Å². The van der Waals surface area contributed by atoms with E-state index in [1.54, 1.807) is 0 Å². The number of aryl methyl sites for hydroxylation is 1. The molecular weight excluding hydrogens is 196 g/mol. The molecule has 0 saturated carbocycles. The largest absolute Gasteiger partial charge is 0.371 e. The fourth-order valence-electron chi connectivity index (χ4n) is 2.57. The maximum Gasteiger partial charge on any atom is 0.0405 e. The Hall–Kier alpha value is -1.02. The number of rotatable bonds is 4. The molecule has 0 amide bonds. The molecule has 1 heterocycles. The van der Waals surface area contributed by atoms with E-state index < -0.39 is 0 Å². The van der Waals surface area contributed by atoms with Gasteiger partial charge in [0.05, 0.1) is 0 Å². The lowest BCUT2D eigenvalue weighted by atomic mass is 10.0. The zero-order valence-corrected chi connectivity index (χ0v) is 10.4. The Morgan fingerprint density at radius 2 is 2.25 bits per heavy atom. The summed E-state index contributed by atoms with van der Waals surface area (Å²) in [5.41, 5.74) is 9.94. The van der Waals surface area contributed by atoms with Crippen LogP contribution in [0.3, 0.4) is 0 Å². The second-order valence-corrected chi connectivity index (χ2v) is 4.73. The molecule has 88 valence electrons. The minimum Gasteiger partial charge on any atom is -0.371 e. The summed E-state index contributed by atoms with van der Waals surface area (Å²) in [6, 6.07) is 6.93. The number of likely N-dealkylation sites (N-methyl/N-ethyl adjacent to an activating group) is 1. The topological polar surface area (TPSA) is 29.3 Å². The monoisotopic (exact) mass is 218 g/mol. The highest BCUT2D eigenvalue weighted by molar-refractivity contribution is 5.61. The molecule has 1 aliphatic rings. The lowest BCUT2D eigenvalue weighted by molar-refractivity contribution is 0.762. The lowest BCUT2D eigenvalue weighted by Gasteiger charge is -2.17. The van der Waals surface area contributed by atoms with Gasteiger partial charge in [0.2, 0.25) is 0 Å². The van der Waals surface area contributed by atoms with Gasteiger partial charge in [-0.15, -0.1) is 0 Å². The molecule has 2 nitrogen and oxygen atoms in total. The van der Waals surface area contributed by atoms with Gasteiger partial charge in [0.15, 0.2) is 0 Å². The van der Waals surface area contributed by atoms with Crippen LogP contribution < -0.4 is 10.6 Å². The van der Waals surface area contributed by atoms with Crippen LogP contribution in [0, 0.1) is 0 Å². The highest BCUT2D eigenvalue weighted by atomic mass is 15.1. The van der Waals surface area contributed by atoms with Crippen LogP contribution in [0.15, 0.2) is 18.2 Å². The number of nitrogens with zero attached hydrogens (tertiary/aromatic N) is 1. The number of benzene rings is 1. The minimum absolute atomic E-state index is 0.679. The lowest BCUT2D eigenvalue weighted by Crippen LogP contribution is -2.20. The average Bonchev–Trinajstić information content (AvgIpc) is 2.63. The van der Waals surface area contributed by atoms with Gasteiger partial charge >= 0.3 is 0 Å². The number of hydrogen-bond acceptors (Lipinski definition) is 2. The molecule has 0 aliphatic carbocycles. The molecule has 0 aromatic heterocycles. The van der Waals surface area contributed by atoms with Crippen LogP contribution in [-0.4, -0.2) is 19.6 Å². The van der Waals surface area contributed by atoms with Gasteiger partial charge in [-0.25, -0.2) is 0 Å². The van der Waals surface area contributed by atoms with Crippen molar-refractivity contribution in [2.24, 2.45) is 5.73 Å².